The Morgan fingerprint density at radius 2 is 1.77 bits per heavy atom. The van der Waals surface area contributed by atoms with Gasteiger partial charge in [0.15, 0.2) is 5.82 Å². The van der Waals surface area contributed by atoms with Gasteiger partial charge in [-0.3, -0.25) is 0 Å². The van der Waals surface area contributed by atoms with Crippen LogP contribution in [0.4, 0.5) is 15.9 Å². The van der Waals surface area contributed by atoms with Crippen molar-refractivity contribution in [1.29, 1.82) is 5.26 Å². The van der Waals surface area contributed by atoms with E-state index in [-0.39, 0.29) is 5.82 Å². The highest BCUT2D eigenvalue weighted by Crippen LogP contribution is 2.26. The Balaban J connectivity index is 1.51. The van der Waals surface area contributed by atoms with Crippen molar-refractivity contribution < 1.29 is 4.39 Å². The molecule has 26 heavy (non-hydrogen) atoms. The van der Waals surface area contributed by atoms with Gasteiger partial charge in [-0.2, -0.15) is 10.4 Å². The molecule has 0 bridgehead atoms. The van der Waals surface area contributed by atoms with Gasteiger partial charge in [-0.15, -0.1) is 0 Å². The van der Waals surface area contributed by atoms with Gasteiger partial charge in [0.2, 0.25) is 0 Å². The zero-order valence-corrected chi connectivity index (χ0v) is 14.0. The summed E-state index contributed by atoms with van der Waals surface area (Å²) in [5, 5.41) is 13.4. The van der Waals surface area contributed by atoms with Gasteiger partial charge in [0, 0.05) is 44.6 Å². The van der Waals surface area contributed by atoms with E-state index in [0.717, 1.165) is 5.82 Å². The zero-order chi connectivity index (χ0) is 17.9. The number of nitrogens with zero attached hydrogens (tertiary/aromatic N) is 7. The molecule has 3 aromatic rings. The minimum absolute atomic E-state index is 0.361. The first-order chi connectivity index (χ1) is 12.8. The number of aromatic nitrogens is 4. The molecule has 130 valence electrons. The van der Waals surface area contributed by atoms with E-state index in [1.807, 2.05) is 23.2 Å². The molecule has 0 atom stereocenters. The van der Waals surface area contributed by atoms with E-state index in [2.05, 4.69) is 26.0 Å². The van der Waals surface area contributed by atoms with E-state index in [9.17, 15) is 9.65 Å². The molecule has 4 rings (SSSR count). The molecule has 1 aliphatic heterocycles. The standard InChI is InChI=1S/C18H16FN7/c19-15-4-1-3-14(12-20)18(15)25-9-7-24(8-10-25)16-11-17(22-13-21-16)26-6-2-5-23-26/h1-6,11,13H,7-10H2. The number of hydrogen-bond acceptors (Lipinski definition) is 6. The number of rotatable bonds is 3. The molecule has 0 radical (unpaired) electrons. The van der Waals surface area contributed by atoms with Crippen molar-refractivity contribution in [2.45, 2.75) is 0 Å². The zero-order valence-electron chi connectivity index (χ0n) is 14.0. The second kappa shape index (κ2) is 6.80. The highest BCUT2D eigenvalue weighted by atomic mass is 19.1. The number of halogens is 1. The number of nitriles is 1. The van der Waals surface area contributed by atoms with Gasteiger partial charge in [-0.05, 0) is 18.2 Å². The molecule has 0 N–H and O–H groups in total. The van der Waals surface area contributed by atoms with Crippen LogP contribution in [0.1, 0.15) is 5.56 Å². The minimum atomic E-state index is -0.361. The summed E-state index contributed by atoms with van der Waals surface area (Å²) < 4.78 is 15.9. The van der Waals surface area contributed by atoms with E-state index in [1.54, 1.807) is 23.0 Å². The van der Waals surface area contributed by atoms with Gasteiger partial charge in [0.05, 0.1) is 11.3 Å². The number of benzene rings is 1. The molecule has 1 fully saturated rings. The Hall–Kier alpha value is -3.47. The highest BCUT2D eigenvalue weighted by Gasteiger charge is 2.23. The summed E-state index contributed by atoms with van der Waals surface area (Å²) in [6.07, 6.45) is 5.04. The van der Waals surface area contributed by atoms with E-state index in [4.69, 9.17) is 0 Å². The molecule has 1 aliphatic rings. The molecular weight excluding hydrogens is 333 g/mol. The SMILES string of the molecule is N#Cc1cccc(F)c1N1CCN(c2cc(-n3cccn3)ncn2)CC1. The Labute approximate surface area is 149 Å². The lowest BCUT2D eigenvalue weighted by Gasteiger charge is -2.37. The Bertz CT molecular complexity index is 940. The third-order valence-electron chi connectivity index (χ3n) is 4.40. The summed E-state index contributed by atoms with van der Waals surface area (Å²) in [4.78, 5) is 12.6. The minimum Gasteiger partial charge on any atom is -0.365 e. The molecular formula is C18H16FN7. The number of hydrogen-bond donors (Lipinski definition) is 0. The van der Waals surface area contributed by atoms with Crippen LogP contribution in [0, 0.1) is 17.1 Å². The summed E-state index contributed by atoms with van der Waals surface area (Å²) in [7, 11) is 0. The van der Waals surface area contributed by atoms with E-state index in [0.29, 0.717) is 43.2 Å². The van der Waals surface area contributed by atoms with Crippen LogP contribution < -0.4 is 9.80 Å². The van der Waals surface area contributed by atoms with Crippen molar-refractivity contribution in [2.75, 3.05) is 36.0 Å². The van der Waals surface area contributed by atoms with Crippen molar-refractivity contribution in [2.24, 2.45) is 0 Å². The molecule has 0 amide bonds. The average Bonchev–Trinajstić information content (AvgIpc) is 3.23. The first-order valence-corrected chi connectivity index (χ1v) is 8.27. The molecule has 0 unspecified atom stereocenters. The molecule has 0 saturated carbocycles. The van der Waals surface area contributed by atoms with Crippen LogP contribution in [0.25, 0.3) is 5.82 Å². The van der Waals surface area contributed by atoms with Crippen LogP contribution in [0.2, 0.25) is 0 Å². The van der Waals surface area contributed by atoms with Gasteiger partial charge in [-0.25, -0.2) is 19.0 Å². The number of anilines is 2. The molecule has 1 saturated heterocycles. The molecule has 0 aliphatic carbocycles. The second-order valence-electron chi connectivity index (χ2n) is 5.91. The third kappa shape index (κ3) is 2.95. The van der Waals surface area contributed by atoms with Crippen molar-refractivity contribution in [3.8, 4) is 11.9 Å². The van der Waals surface area contributed by atoms with Crippen LogP contribution in [-0.2, 0) is 0 Å². The lowest BCUT2D eigenvalue weighted by molar-refractivity contribution is 0.595. The first-order valence-electron chi connectivity index (χ1n) is 8.27. The fraction of sp³-hybridized carbons (Fsp3) is 0.222. The topological polar surface area (TPSA) is 73.9 Å². The van der Waals surface area contributed by atoms with E-state index < -0.39 is 0 Å². The predicted octanol–water partition coefficient (Wildman–Crippen LogP) is 2.00. The van der Waals surface area contributed by atoms with E-state index in [1.165, 1.54) is 12.4 Å². The molecule has 2 aromatic heterocycles. The van der Waals surface area contributed by atoms with Gasteiger partial charge < -0.3 is 9.80 Å². The Morgan fingerprint density at radius 1 is 1.00 bits per heavy atom. The number of para-hydroxylation sites is 1. The summed E-state index contributed by atoms with van der Waals surface area (Å²) in [5.74, 6) is 1.14. The van der Waals surface area contributed by atoms with Gasteiger partial charge in [0.1, 0.15) is 24.0 Å². The number of piperazine rings is 1. The molecule has 0 spiro atoms. The second-order valence-corrected chi connectivity index (χ2v) is 5.91. The van der Waals surface area contributed by atoms with Gasteiger partial charge in [0.25, 0.3) is 0 Å². The normalized spacial score (nSPS) is 14.3. The predicted molar refractivity (Wildman–Crippen MR) is 94.7 cm³/mol. The average molecular weight is 349 g/mol. The van der Waals surface area contributed by atoms with E-state index >= 15 is 0 Å². The lowest BCUT2D eigenvalue weighted by atomic mass is 10.1. The fourth-order valence-electron chi connectivity index (χ4n) is 3.13. The van der Waals surface area contributed by atoms with Crippen LogP contribution >= 0.6 is 0 Å². The maximum Gasteiger partial charge on any atom is 0.158 e. The van der Waals surface area contributed by atoms with Crippen LogP contribution in [0.5, 0.6) is 0 Å². The van der Waals surface area contributed by atoms with Crippen LogP contribution in [0.15, 0.2) is 49.1 Å². The smallest absolute Gasteiger partial charge is 0.158 e. The van der Waals surface area contributed by atoms with Crippen LogP contribution in [-0.4, -0.2) is 45.9 Å². The van der Waals surface area contributed by atoms with Crippen molar-refractivity contribution in [1.82, 2.24) is 19.7 Å². The van der Waals surface area contributed by atoms with Crippen molar-refractivity contribution >= 4 is 11.5 Å². The van der Waals surface area contributed by atoms with Crippen molar-refractivity contribution in [3.63, 3.8) is 0 Å². The van der Waals surface area contributed by atoms with Crippen molar-refractivity contribution in [3.05, 3.63) is 60.4 Å². The molecule has 8 heteroatoms. The summed E-state index contributed by atoms with van der Waals surface area (Å²) in [5.41, 5.74) is 0.746. The molecule has 7 nitrogen and oxygen atoms in total. The monoisotopic (exact) mass is 349 g/mol. The van der Waals surface area contributed by atoms with Crippen LogP contribution in [0.3, 0.4) is 0 Å². The summed E-state index contributed by atoms with van der Waals surface area (Å²) >= 11 is 0. The Morgan fingerprint density at radius 3 is 2.50 bits per heavy atom. The highest BCUT2D eigenvalue weighted by molar-refractivity contribution is 5.61. The fourth-order valence-corrected chi connectivity index (χ4v) is 3.13. The maximum absolute atomic E-state index is 14.2. The lowest BCUT2D eigenvalue weighted by Crippen LogP contribution is -2.47. The quantitative estimate of drug-likeness (QED) is 0.720. The largest absolute Gasteiger partial charge is 0.365 e. The summed E-state index contributed by atoms with van der Waals surface area (Å²) in [6.45, 7) is 2.57. The third-order valence-corrected chi connectivity index (χ3v) is 4.40. The maximum atomic E-state index is 14.2. The Kier molecular flexibility index (Phi) is 4.19. The molecule has 3 heterocycles. The summed E-state index contributed by atoms with van der Waals surface area (Å²) in [6, 6.07) is 10.4. The van der Waals surface area contributed by atoms with Gasteiger partial charge in [-0.1, -0.05) is 6.07 Å². The first kappa shape index (κ1) is 16.0. The molecule has 1 aromatic carbocycles. The van der Waals surface area contributed by atoms with Gasteiger partial charge >= 0.3 is 0 Å².